The van der Waals surface area contributed by atoms with Crippen LogP contribution in [0.2, 0.25) is 0 Å². The molecule has 2 aliphatic rings. The fraction of sp³-hybridized carbons (Fsp3) is 0.758. The van der Waals surface area contributed by atoms with Crippen LogP contribution in [0.1, 0.15) is 114 Å². The SMILES string of the molecule is C=C(C)C(=O)OCCN=C=O.C=C(C)C(=O)OCCNC(=O)N1C(C)(C)CCCC1(C)C.CC1(C)CCCC(C)(C)C1. The van der Waals surface area contributed by atoms with Crippen molar-refractivity contribution in [2.75, 3.05) is 26.3 Å². The van der Waals surface area contributed by atoms with Crippen molar-refractivity contribution >= 4 is 24.0 Å². The molecule has 42 heavy (non-hydrogen) atoms. The number of piperidine rings is 1. The summed E-state index contributed by atoms with van der Waals surface area (Å²) >= 11 is 0. The zero-order valence-corrected chi connectivity index (χ0v) is 28.0. The van der Waals surface area contributed by atoms with E-state index in [-0.39, 0.29) is 36.9 Å². The van der Waals surface area contributed by atoms with Crippen molar-refractivity contribution in [2.24, 2.45) is 15.8 Å². The second-order valence-electron chi connectivity index (χ2n) is 14.2. The summed E-state index contributed by atoms with van der Waals surface area (Å²) in [7, 11) is 0. The second-order valence-corrected chi connectivity index (χ2v) is 14.2. The van der Waals surface area contributed by atoms with Crippen molar-refractivity contribution in [3.63, 3.8) is 0 Å². The second kappa shape index (κ2) is 17.3. The first-order valence-electron chi connectivity index (χ1n) is 14.9. The van der Waals surface area contributed by atoms with E-state index in [9.17, 15) is 19.2 Å². The summed E-state index contributed by atoms with van der Waals surface area (Å²) in [5, 5.41) is 2.84. The monoisotopic (exact) mass is 591 g/mol. The molecule has 0 unspecified atom stereocenters. The Kier molecular flexibility index (Phi) is 16.0. The Labute approximate surface area is 254 Å². The summed E-state index contributed by atoms with van der Waals surface area (Å²) < 4.78 is 9.57. The number of carbonyl (C=O) groups excluding carboxylic acids is 4. The van der Waals surface area contributed by atoms with Crippen molar-refractivity contribution in [1.82, 2.24) is 10.2 Å². The van der Waals surface area contributed by atoms with Gasteiger partial charge in [-0.15, -0.1) is 0 Å². The van der Waals surface area contributed by atoms with Crippen LogP contribution in [0.15, 0.2) is 29.3 Å². The molecule has 0 aromatic rings. The molecule has 0 bridgehead atoms. The van der Waals surface area contributed by atoms with Crippen LogP contribution in [-0.4, -0.2) is 66.3 Å². The van der Waals surface area contributed by atoms with Crippen LogP contribution >= 0.6 is 0 Å². The summed E-state index contributed by atoms with van der Waals surface area (Å²) in [5.74, 6) is -0.894. The smallest absolute Gasteiger partial charge is 0.333 e. The number of esters is 2. The molecule has 1 N–H and O–H groups in total. The normalized spacial score (nSPS) is 19.1. The van der Waals surface area contributed by atoms with Gasteiger partial charge in [0.2, 0.25) is 6.08 Å². The average Bonchev–Trinajstić information content (AvgIpc) is 2.82. The third kappa shape index (κ3) is 15.3. The summed E-state index contributed by atoms with van der Waals surface area (Å²) in [4.78, 5) is 49.0. The number of hydrogen-bond acceptors (Lipinski definition) is 7. The molecular weight excluding hydrogens is 534 g/mol. The fourth-order valence-electron chi connectivity index (χ4n) is 5.92. The van der Waals surface area contributed by atoms with E-state index in [0.29, 0.717) is 28.5 Å². The molecule has 0 spiro atoms. The van der Waals surface area contributed by atoms with Gasteiger partial charge in [-0.05, 0) is 90.9 Å². The van der Waals surface area contributed by atoms with Gasteiger partial charge in [-0.25, -0.2) is 24.2 Å². The zero-order chi connectivity index (χ0) is 32.8. The zero-order valence-electron chi connectivity index (χ0n) is 28.0. The Bertz CT molecular complexity index is 960. The van der Waals surface area contributed by atoms with Crippen LogP contribution in [-0.2, 0) is 23.9 Å². The molecule has 0 aromatic heterocycles. The Morgan fingerprint density at radius 3 is 1.60 bits per heavy atom. The molecule has 1 aliphatic carbocycles. The van der Waals surface area contributed by atoms with Gasteiger partial charge in [0.25, 0.3) is 0 Å². The maximum absolute atomic E-state index is 12.5. The lowest BCUT2D eigenvalue weighted by Gasteiger charge is -2.52. The number of rotatable bonds is 8. The highest BCUT2D eigenvalue weighted by Crippen LogP contribution is 2.45. The van der Waals surface area contributed by atoms with Gasteiger partial charge in [0, 0.05) is 22.2 Å². The largest absolute Gasteiger partial charge is 0.460 e. The van der Waals surface area contributed by atoms with E-state index in [1.807, 2.05) is 4.90 Å². The van der Waals surface area contributed by atoms with Crippen LogP contribution in [0.4, 0.5) is 4.79 Å². The summed E-state index contributed by atoms with van der Waals surface area (Å²) in [6.07, 6.45) is 10.1. The molecule has 1 heterocycles. The Hall–Kier alpha value is -2.93. The van der Waals surface area contributed by atoms with Crippen molar-refractivity contribution < 1.29 is 28.7 Å². The molecule has 2 rings (SSSR count). The van der Waals surface area contributed by atoms with Crippen LogP contribution in [0.5, 0.6) is 0 Å². The van der Waals surface area contributed by atoms with E-state index in [2.05, 4.69) is 83.6 Å². The van der Waals surface area contributed by atoms with Crippen molar-refractivity contribution in [3.05, 3.63) is 24.3 Å². The van der Waals surface area contributed by atoms with Crippen LogP contribution < -0.4 is 5.32 Å². The summed E-state index contributed by atoms with van der Waals surface area (Å²) in [6.45, 7) is 28.7. The van der Waals surface area contributed by atoms with Crippen LogP contribution in [0.25, 0.3) is 0 Å². The average molecular weight is 592 g/mol. The van der Waals surface area contributed by atoms with E-state index in [1.165, 1.54) is 31.8 Å². The first kappa shape index (κ1) is 39.1. The minimum Gasteiger partial charge on any atom is -0.460 e. The van der Waals surface area contributed by atoms with Crippen LogP contribution in [0.3, 0.4) is 0 Å². The maximum atomic E-state index is 12.5. The molecule has 240 valence electrons. The van der Waals surface area contributed by atoms with E-state index >= 15 is 0 Å². The van der Waals surface area contributed by atoms with E-state index in [4.69, 9.17) is 4.74 Å². The molecule has 0 radical (unpaired) electrons. The highest BCUT2D eigenvalue weighted by molar-refractivity contribution is 5.87. The Balaban J connectivity index is 0.000000670. The predicted octanol–water partition coefficient (Wildman–Crippen LogP) is 6.91. The van der Waals surface area contributed by atoms with Crippen molar-refractivity contribution in [3.8, 4) is 0 Å². The predicted molar refractivity (Wildman–Crippen MR) is 168 cm³/mol. The lowest BCUT2D eigenvalue weighted by molar-refractivity contribution is -0.139. The number of isocyanates is 1. The number of nitrogens with zero attached hydrogens (tertiary/aromatic N) is 2. The number of hydrogen-bond donors (Lipinski definition) is 1. The Morgan fingerprint density at radius 2 is 1.21 bits per heavy atom. The lowest BCUT2D eigenvalue weighted by atomic mass is 9.65. The van der Waals surface area contributed by atoms with Crippen LogP contribution in [0, 0.1) is 10.8 Å². The number of likely N-dealkylation sites (tertiary alicyclic amines) is 1. The van der Waals surface area contributed by atoms with Gasteiger partial charge in [0.15, 0.2) is 0 Å². The first-order chi connectivity index (χ1) is 19.2. The van der Waals surface area contributed by atoms with E-state index in [0.717, 1.165) is 19.3 Å². The molecular formula is C33H57N3O6. The van der Waals surface area contributed by atoms with E-state index in [1.54, 1.807) is 13.8 Å². The first-order valence-corrected chi connectivity index (χ1v) is 14.9. The molecule has 1 saturated heterocycles. The molecule has 9 heteroatoms. The fourth-order valence-corrected chi connectivity index (χ4v) is 5.92. The van der Waals surface area contributed by atoms with Gasteiger partial charge < -0.3 is 19.7 Å². The number of aliphatic imine (C=N–C) groups is 1. The van der Waals surface area contributed by atoms with Gasteiger partial charge in [-0.2, -0.15) is 0 Å². The molecule has 1 aliphatic heterocycles. The van der Waals surface area contributed by atoms with Gasteiger partial charge in [-0.3, -0.25) is 0 Å². The van der Waals surface area contributed by atoms with Gasteiger partial charge in [-0.1, -0.05) is 47.3 Å². The molecule has 2 fully saturated rings. The Morgan fingerprint density at radius 1 is 0.786 bits per heavy atom. The topological polar surface area (TPSA) is 114 Å². The highest BCUT2D eigenvalue weighted by Gasteiger charge is 2.44. The summed E-state index contributed by atoms with van der Waals surface area (Å²) in [5.41, 5.74) is 1.59. The number of amides is 2. The molecule has 9 nitrogen and oxygen atoms in total. The third-order valence-corrected chi connectivity index (χ3v) is 7.46. The molecule has 0 atom stereocenters. The minimum absolute atomic E-state index is 0.0981. The molecule has 0 aromatic carbocycles. The molecule has 1 saturated carbocycles. The highest BCUT2D eigenvalue weighted by atomic mass is 16.5. The van der Waals surface area contributed by atoms with E-state index < -0.39 is 11.9 Å². The summed E-state index contributed by atoms with van der Waals surface area (Å²) in [6, 6.07) is -0.101. The van der Waals surface area contributed by atoms with Gasteiger partial charge in [0.05, 0.1) is 13.1 Å². The van der Waals surface area contributed by atoms with Crippen molar-refractivity contribution in [1.29, 1.82) is 0 Å². The third-order valence-electron chi connectivity index (χ3n) is 7.46. The number of ether oxygens (including phenoxy) is 2. The standard InChI is InChI=1S/C16H28N2O3.C10H20.C7H9NO3/c1-12(2)13(19)21-11-10-17-14(20)18-15(3,4)8-7-9-16(18,5)6;1-9(2)6-5-7-10(3,4)8-9;1-6(2)7(10)11-4-3-8-5-9/h1,7-11H2,2-6H3,(H,17,20);5-8H2,1-4H3;1,3-4H2,2H3. The minimum atomic E-state index is -0.467. The number of nitrogens with one attached hydrogen (secondary N) is 1. The van der Waals surface area contributed by atoms with Gasteiger partial charge >= 0.3 is 18.0 Å². The lowest BCUT2D eigenvalue weighted by Crippen LogP contribution is -2.63. The number of carbonyl (C=O) groups is 3. The quantitative estimate of drug-likeness (QED) is 0.108. The number of urea groups is 1. The van der Waals surface area contributed by atoms with Crippen molar-refractivity contribution in [2.45, 2.75) is 125 Å². The maximum Gasteiger partial charge on any atom is 0.333 e. The molecule has 2 amide bonds. The van der Waals surface area contributed by atoms with Gasteiger partial charge in [0.1, 0.15) is 13.2 Å².